The molecule has 0 atom stereocenters. The number of benzene rings is 4. The molecule has 0 amide bonds. The lowest BCUT2D eigenvalue weighted by Gasteiger charge is -2.11. The van der Waals surface area contributed by atoms with Crippen molar-refractivity contribution in [2.75, 3.05) is 0 Å². The zero-order valence-corrected chi connectivity index (χ0v) is 19.4. The Morgan fingerprint density at radius 1 is 0.622 bits per heavy atom. The molecule has 0 bridgehead atoms. The van der Waals surface area contributed by atoms with Gasteiger partial charge in [-0.05, 0) is 58.5 Å². The van der Waals surface area contributed by atoms with Gasteiger partial charge >= 0.3 is 0 Å². The van der Waals surface area contributed by atoms with Crippen LogP contribution in [0.2, 0.25) is 0 Å². The first-order chi connectivity index (χ1) is 17.7. The topological polar surface area (TPSA) is 9.23 Å². The number of allylic oxidation sites excluding steroid dienone is 1. The van der Waals surface area contributed by atoms with E-state index in [4.69, 9.17) is 4.74 Å². The molecule has 190 valence electrons. The van der Waals surface area contributed by atoms with Crippen molar-refractivity contribution in [3.8, 4) is 28.0 Å². The third kappa shape index (κ3) is 5.69. The summed E-state index contributed by atoms with van der Waals surface area (Å²) in [5.41, 5.74) is 1.63. The van der Waals surface area contributed by atoms with E-state index in [0.717, 1.165) is 24.3 Å². The average Bonchev–Trinajstić information content (AvgIpc) is 2.90. The lowest BCUT2D eigenvalue weighted by molar-refractivity contribution is 0.274. The van der Waals surface area contributed by atoms with E-state index in [2.05, 4.69) is 0 Å². The average molecular weight is 516 g/mol. The molecule has 0 aliphatic heterocycles. The summed E-state index contributed by atoms with van der Waals surface area (Å²) in [4.78, 5) is 0. The lowest BCUT2D eigenvalue weighted by atomic mass is 10.0. The predicted octanol–water partition coefficient (Wildman–Crippen LogP) is 9.31. The molecule has 37 heavy (non-hydrogen) atoms. The minimum absolute atomic E-state index is 0.0183. The Kier molecular flexibility index (Phi) is 7.66. The quantitative estimate of drug-likeness (QED) is 0.176. The maximum absolute atomic E-state index is 14.7. The number of rotatable bonds is 7. The molecular weight excluding hydrogens is 497 g/mol. The van der Waals surface area contributed by atoms with E-state index in [0.29, 0.717) is 16.7 Å². The molecule has 0 unspecified atom stereocenters. The largest absolute Gasteiger partial charge is 0.483 e. The van der Waals surface area contributed by atoms with E-state index in [1.54, 1.807) is 0 Å². The van der Waals surface area contributed by atoms with Crippen LogP contribution in [0.5, 0.6) is 5.75 Å². The van der Waals surface area contributed by atoms with E-state index in [1.807, 2.05) is 0 Å². The minimum Gasteiger partial charge on any atom is -0.483 e. The highest BCUT2D eigenvalue weighted by Gasteiger charge is 2.16. The van der Waals surface area contributed by atoms with Crippen molar-refractivity contribution in [3.05, 3.63) is 119 Å². The summed E-state index contributed by atoms with van der Waals surface area (Å²) in [7, 11) is 0. The van der Waals surface area contributed by atoms with Crippen molar-refractivity contribution in [1.82, 2.24) is 0 Å². The monoisotopic (exact) mass is 516 g/mol. The second kappa shape index (κ2) is 10.9. The molecule has 0 radical (unpaired) electrons. The molecule has 0 saturated heterocycles. The van der Waals surface area contributed by atoms with Gasteiger partial charge in [-0.1, -0.05) is 55.5 Å². The summed E-state index contributed by atoms with van der Waals surface area (Å²) >= 11 is 0. The number of ether oxygens (including phenoxy) is 1. The van der Waals surface area contributed by atoms with Crippen LogP contribution in [0.1, 0.15) is 24.5 Å². The van der Waals surface area contributed by atoms with E-state index in [9.17, 15) is 30.7 Å². The van der Waals surface area contributed by atoms with Crippen LogP contribution in [0.4, 0.5) is 30.7 Å². The molecular formula is C29H19F7O. The van der Waals surface area contributed by atoms with Crippen molar-refractivity contribution in [3.63, 3.8) is 0 Å². The fourth-order valence-electron chi connectivity index (χ4n) is 3.66. The van der Waals surface area contributed by atoms with Gasteiger partial charge in [-0.25, -0.2) is 30.7 Å². The van der Waals surface area contributed by atoms with Crippen LogP contribution in [0.3, 0.4) is 0 Å². The van der Waals surface area contributed by atoms with Crippen LogP contribution in [0.25, 0.3) is 28.1 Å². The first-order valence-corrected chi connectivity index (χ1v) is 11.2. The highest BCUT2D eigenvalue weighted by Crippen LogP contribution is 2.32. The first-order valence-electron chi connectivity index (χ1n) is 11.2. The van der Waals surface area contributed by atoms with Gasteiger partial charge in [0.25, 0.3) is 0 Å². The zero-order chi connectivity index (χ0) is 26.7. The fraction of sp³-hybridized carbons (Fsp3) is 0.103. The zero-order valence-electron chi connectivity index (χ0n) is 19.4. The summed E-state index contributed by atoms with van der Waals surface area (Å²) in [5.74, 6) is -8.60. The molecule has 0 saturated carbocycles. The molecule has 0 aromatic heterocycles. The summed E-state index contributed by atoms with van der Waals surface area (Å²) < 4.78 is 102. The standard InChI is InChI=1S/C29H19F7O/c1-2-22(30)27(35)19-9-7-18(8-10-19)21-13-25(33)29(26(34)14-21)37-15-16-3-5-17(6-4-16)20-11-23(31)28(36)24(32)12-20/h3-14H,2,15H2,1H3. The molecule has 0 aliphatic rings. The molecule has 1 nitrogen and oxygen atoms in total. The summed E-state index contributed by atoms with van der Waals surface area (Å²) in [6, 6.07) is 15.4. The summed E-state index contributed by atoms with van der Waals surface area (Å²) in [6.07, 6.45) is -0.0934. The third-order valence-electron chi connectivity index (χ3n) is 5.67. The smallest absolute Gasteiger partial charge is 0.194 e. The summed E-state index contributed by atoms with van der Waals surface area (Å²) in [5, 5.41) is 0. The van der Waals surface area contributed by atoms with Crippen LogP contribution in [-0.2, 0) is 6.61 Å². The Hall–Kier alpha value is -4.07. The Bertz CT molecular complexity index is 1410. The fourth-order valence-corrected chi connectivity index (χ4v) is 3.66. The lowest BCUT2D eigenvalue weighted by Crippen LogP contribution is -2.00. The molecule has 0 aliphatic carbocycles. The Morgan fingerprint density at radius 3 is 1.57 bits per heavy atom. The van der Waals surface area contributed by atoms with Crippen molar-refractivity contribution in [1.29, 1.82) is 0 Å². The summed E-state index contributed by atoms with van der Waals surface area (Å²) in [6.45, 7) is 1.27. The first kappa shape index (κ1) is 26.0. The van der Waals surface area contributed by atoms with Crippen LogP contribution in [0.15, 0.2) is 78.6 Å². The van der Waals surface area contributed by atoms with E-state index in [-0.39, 0.29) is 29.7 Å². The highest BCUT2D eigenvalue weighted by molar-refractivity contribution is 5.69. The molecule has 4 aromatic rings. The van der Waals surface area contributed by atoms with Gasteiger partial charge in [0.05, 0.1) is 0 Å². The van der Waals surface area contributed by atoms with Gasteiger partial charge in [-0.3, -0.25) is 0 Å². The van der Waals surface area contributed by atoms with Gasteiger partial charge in [-0.2, -0.15) is 0 Å². The van der Waals surface area contributed by atoms with Crippen LogP contribution in [-0.4, -0.2) is 0 Å². The van der Waals surface area contributed by atoms with Gasteiger partial charge in [0.1, 0.15) is 12.4 Å². The number of hydrogen-bond donors (Lipinski definition) is 0. The van der Waals surface area contributed by atoms with E-state index < -0.39 is 46.5 Å². The van der Waals surface area contributed by atoms with Crippen LogP contribution >= 0.6 is 0 Å². The van der Waals surface area contributed by atoms with Gasteiger partial charge in [-0.15, -0.1) is 0 Å². The van der Waals surface area contributed by atoms with Crippen molar-refractivity contribution >= 4 is 5.83 Å². The predicted molar refractivity (Wildman–Crippen MR) is 127 cm³/mol. The molecule has 4 rings (SSSR count). The van der Waals surface area contributed by atoms with E-state index >= 15 is 0 Å². The van der Waals surface area contributed by atoms with E-state index in [1.165, 1.54) is 55.5 Å². The Morgan fingerprint density at radius 2 is 1.08 bits per heavy atom. The van der Waals surface area contributed by atoms with Crippen molar-refractivity contribution in [2.45, 2.75) is 20.0 Å². The number of halogens is 7. The molecule has 0 N–H and O–H groups in total. The minimum atomic E-state index is -1.56. The molecule has 0 heterocycles. The number of hydrogen-bond acceptors (Lipinski definition) is 1. The normalized spacial score (nSPS) is 11.9. The van der Waals surface area contributed by atoms with Crippen molar-refractivity contribution < 1.29 is 35.5 Å². The van der Waals surface area contributed by atoms with Crippen LogP contribution in [0, 0.1) is 29.1 Å². The molecule has 0 spiro atoms. The van der Waals surface area contributed by atoms with Gasteiger partial charge in [0.15, 0.2) is 40.7 Å². The SMILES string of the molecule is CCC(F)=C(F)c1ccc(-c2cc(F)c(OCc3ccc(-c4cc(F)c(F)c(F)c4)cc3)c(F)c2)cc1. The Labute approximate surface area is 208 Å². The Balaban J connectivity index is 1.48. The van der Waals surface area contributed by atoms with Gasteiger partial charge in [0.2, 0.25) is 0 Å². The van der Waals surface area contributed by atoms with Crippen molar-refractivity contribution in [2.24, 2.45) is 0 Å². The third-order valence-corrected chi connectivity index (χ3v) is 5.67. The molecule has 8 heteroatoms. The second-order valence-electron chi connectivity index (χ2n) is 8.16. The molecule has 0 fully saturated rings. The second-order valence-corrected chi connectivity index (χ2v) is 8.16. The molecule has 4 aromatic carbocycles. The van der Waals surface area contributed by atoms with Gasteiger partial charge in [0, 0.05) is 5.56 Å². The van der Waals surface area contributed by atoms with Crippen LogP contribution < -0.4 is 4.74 Å². The maximum atomic E-state index is 14.7. The van der Waals surface area contributed by atoms with Gasteiger partial charge < -0.3 is 4.74 Å². The highest BCUT2D eigenvalue weighted by atomic mass is 19.2. The maximum Gasteiger partial charge on any atom is 0.194 e.